The number of fused-ring (bicyclic) bond motifs is 3. The van der Waals surface area contributed by atoms with E-state index in [9.17, 15) is 9.90 Å². The van der Waals surface area contributed by atoms with Crippen LogP contribution in [0.2, 0.25) is 0 Å². The van der Waals surface area contributed by atoms with Gasteiger partial charge < -0.3 is 19.6 Å². The Balaban J connectivity index is 1.31. The Hall–Kier alpha value is -2.71. The number of hydrogen-bond acceptors (Lipinski definition) is 6. The molecule has 3 fully saturated rings. The number of aliphatic hydroxyl groups is 1. The van der Waals surface area contributed by atoms with Gasteiger partial charge in [0, 0.05) is 25.0 Å². The van der Waals surface area contributed by atoms with Crippen molar-refractivity contribution >= 4 is 38.3 Å². The topological polar surface area (TPSA) is 87.0 Å². The van der Waals surface area contributed by atoms with E-state index in [2.05, 4.69) is 37.6 Å². The van der Waals surface area contributed by atoms with Crippen molar-refractivity contribution in [3.05, 3.63) is 41.2 Å². The second-order valence-corrected chi connectivity index (χ2v) is 11.3. The summed E-state index contributed by atoms with van der Waals surface area (Å²) in [5.41, 5.74) is 3.90. The van der Waals surface area contributed by atoms with Crippen LogP contribution in [-0.4, -0.2) is 43.8 Å². The van der Waals surface area contributed by atoms with E-state index < -0.39 is 0 Å². The molecule has 3 aliphatic rings. The van der Waals surface area contributed by atoms with Crippen LogP contribution in [0.4, 0.5) is 5.00 Å². The van der Waals surface area contributed by atoms with E-state index in [0.717, 1.165) is 52.4 Å². The minimum Gasteiger partial charge on any atom is -0.393 e. The van der Waals surface area contributed by atoms with E-state index in [1.807, 2.05) is 6.33 Å². The third-order valence-corrected chi connectivity index (χ3v) is 9.68. The predicted molar refractivity (Wildman–Crippen MR) is 136 cm³/mol. The van der Waals surface area contributed by atoms with Gasteiger partial charge in [0.05, 0.1) is 40.2 Å². The summed E-state index contributed by atoms with van der Waals surface area (Å²) in [5, 5.41) is 12.1. The van der Waals surface area contributed by atoms with Crippen LogP contribution < -0.4 is 10.5 Å². The predicted octanol–water partition coefficient (Wildman–Crippen LogP) is 4.71. The fourth-order valence-corrected chi connectivity index (χ4v) is 7.87. The number of imidazole rings is 1. The van der Waals surface area contributed by atoms with Crippen molar-refractivity contribution in [1.82, 2.24) is 19.5 Å². The van der Waals surface area contributed by atoms with Gasteiger partial charge >= 0.3 is 0 Å². The van der Waals surface area contributed by atoms with Crippen molar-refractivity contribution in [2.45, 2.75) is 57.1 Å². The summed E-state index contributed by atoms with van der Waals surface area (Å²) < 4.78 is 2.35. The Morgan fingerprint density at radius 3 is 2.79 bits per heavy atom. The highest BCUT2D eigenvalue weighted by Gasteiger charge is 2.43. The van der Waals surface area contributed by atoms with E-state index in [1.54, 1.807) is 11.3 Å². The Morgan fingerprint density at radius 2 is 1.94 bits per heavy atom. The number of aliphatic hydroxyl groups excluding tert-OH is 1. The van der Waals surface area contributed by atoms with Crippen molar-refractivity contribution in [3.8, 4) is 10.4 Å². The minimum atomic E-state index is -0.223. The number of nitrogens with one attached hydrogen (secondary N) is 1. The number of rotatable bonds is 3. The molecule has 0 spiro atoms. The Kier molecular flexibility index (Phi) is 4.81. The smallest absolute Gasteiger partial charge is 0.261 e. The molecule has 3 aromatic heterocycles. The summed E-state index contributed by atoms with van der Waals surface area (Å²) in [6, 6.07) is 7.03. The first-order chi connectivity index (χ1) is 16.7. The third kappa shape index (κ3) is 3.15. The molecule has 1 aromatic carbocycles. The molecule has 1 saturated heterocycles. The molecule has 3 unspecified atom stereocenters. The van der Waals surface area contributed by atoms with E-state index in [-0.39, 0.29) is 11.7 Å². The van der Waals surface area contributed by atoms with Crippen molar-refractivity contribution in [1.29, 1.82) is 0 Å². The van der Waals surface area contributed by atoms with Gasteiger partial charge in [-0.3, -0.25) is 4.79 Å². The molecule has 2 aliphatic carbocycles. The van der Waals surface area contributed by atoms with Gasteiger partial charge in [0.25, 0.3) is 5.56 Å². The van der Waals surface area contributed by atoms with Gasteiger partial charge in [0.1, 0.15) is 10.4 Å². The number of aromatic amines is 1. The van der Waals surface area contributed by atoms with Crippen molar-refractivity contribution < 1.29 is 5.11 Å². The van der Waals surface area contributed by atoms with Crippen LogP contribution in [0.15, 0.2) is 35.6 Å². The van der Waals surface area contributed by atoms with Gasteiger partial charge in [0.15, 0.2) is 0 Å². The maximum Gasteiger partial charge on any atom is 0.261 e. The molecule has 4 heterocycles. The lowest BCUT2D eigenvalue weighted by Crippen LogP contribution is -2.24. The Bertz CT molecular complexity index is 1430. The van der Waals surface area contributed by atoms with Gasteiger partial charge in [-0.25, -0.2) is 9.97 Å². The molecule has 0 bridgehead atoms. The summed E-state index contributed by atoms with van der Waals surface area (Å²) in [7, 11) is 0. The first kappa shape index (κ1) is 20.6. The van der Waals surface area contributed by atoms with Crippen LogP contribution in [0.5, 0.6) is 0 Å². The summed E-state index contributed by atoms with van der Waals surface area (Å²) >= 11 is 1.65. The lowest BCUT2D eigenvalue weighted by Gasteiger charge is -2.23. The molecule has 1 aliphatic heterocycles. The molecule has 0 radical (unpaired) electrons. The zero-order valence-corrected chi connectivity index (χ0v) is 19.9. The average Bonchev–Trinajstić information content (AvgIpc) is 3.62. The van der Waals surface area contributed by atoms with Crippen molar-refractivity contribution in [2.75, 3.05) is 18.0 Å². The zero-order chi connectivity index (χ0) is 22.8. The molecule has 2 N–H and O–H groups in total. The normalized spacial score (nSPS) is 25.6. The Morgan fingerprint density at radius 1 is 1.06 bits per heavy atom. The number of nitrogens with zero attached hydrogens (tertiary/aromatic N) is 4. The number of aromatic nitrogens is 4. The molecular weight excluding hydrogens is 446 g/mol. The summed E-state index contributed by atoms with van der Waals surface area (Å²) in [6.45, 7) is 1.70. The molecule has 3 atom stereocenters. The second kappa shape index (κ2) is 7.92. The van der Waals surface area contributed by atoms with Crippen LogP contribution in [0.3, 0.4) is 0 Å². The van der Waals surface area contributed by atoms with E-state index in [4.69, 9.17) is 4.98 Å². The third-order valence-electron chi connectivity index (χ3n) is 8.39. The van der Waals surface area contributed by atoms with E-state index in [0.29, 0.717) is 23.3 Å². The van der Waals surface area contributed by atoms with Crippen molar-refractivity contribution in [2.24, 2.45) is 11.8 Å². The van der Waals surface area contributed by atoms with Gasteiger partial charge in [-0.2, -0.15) is 0 Å². The first-order valence-corrected chi connectivity index (χ1v) is 13.4. The lowest BCUT2D eigenvalue weighted by atomic mass is 9.95. The monoisotopic (exact) mass is 475 g/mol. The SMILES string of the molecule is O=c1[nH]cnc2c(-c3ccc4c(c3)ncn4C3CCCCC3)sc(N3CC4CCC(O)C4C3)c12. The summed E-state index contributed by atoms with van der Waals surface area (Å²) in [4.78, 5) is 28.4. The van der Waals surface area contributed by atoms with E-state index >= 15 is 0 Å². The molecular formula is C26H29N5O2S. The van der Waals surface area contributed by atoms with Crippen LogP contribution in [0.25, 0.3) is 32.4 Å². The zero-order valence-electron chi connectivity index (χ0n) is 19.1. The average molecular weight is 476 g/mol. The highest BCUT2D eigenvalue weighted by molar-refractivity contribution is 7.21. The Labute approximate surface area is 201 Å². The summed E-state index contributed by atoms with van der Waals surface area (Å²) in [6.07, 6.45) is 11.6. The molecule has 2 saturated carbocycles. The summed E-state index contributed by atoms with van der Waals surface area (Å²) in [5.74, 6) is 0.808. The van der Waals surface area contributed by atoms with E-state index in [1.165, 1.54) is 43.9 Å². The largest absolute Gasteiger partial charge is 0.393 e. The maximum absolute atomic E-state index is 12.9. The number of benzene rings is 1. The quantitative estimate of drug-likeness (QED) is 0.448. The number of thiophene rings is 1. The van der Waals surface area contributed by atoms with Gasteiger partial charge in [-0.15, -0.1) is 11.3 Å². The molecule has 176 valence electrons. The molecule has 8 heteroatoms. The number of anilines is 1. The molecule has 34 heavy (non-hydrogen) atoms. The highest BCUT2D eigenvalue weighted by Crippen LogP contribution is 2.47. The standard InChI is InChI=1S/C26H29N5O2S/c32-21-9-7-16-11-30(12-18(16)21)26-22-23(27-13-28-25(22)33)24(34-26)15-6-8-20-19(10-15)29-14-31(20)17-4-2-1-3-5-17/h6,8,10,13-14,16-18,21,32H,1-5,7,9,11-12H2,(H,27,28,33). The van der Waals surface area contributed by atoms with Gasteiger partial charge in [-0.05, 0) is 49.3 Å². The highest BCUT2D eigenvalue weighted by atomic mass is 32.1. The first-order valence-electron chi connectivity index (χ1n) is 12.6. The fraction of sp³-hybridized carbons (Fsp3) is 0.500. The minimum absolute atomic E-state index is 0.0947. The number of hydrogen-bond donors (Lipinski definition) is 2. The van der Waals surface area contributed by atoms with Gasteiger partial charge in [-0.1, -0.05) is 25.3 Å². The molecule has 4 aromatic rings. The lowest BCUT2D eigenvalue weighted by molar-refractivity contribution is 0.134. The van der Waals surface area contributed by atoms with Crippen LogP contribution in [-0.2, 0) is 0 Å². The second-order valence-electron chi connectivity index (χ2n) is 10.3. The number of H-pyrrole nitrogens is 1. The molecule has 7 rings (SSSR count). The van der Waals surface area contributed by atoms with Gasteiger partial charge in [0.2, 0.25) is 0 Å². The molecule has 0 amide bonds. The van der Waals surface area contributed by atoms with Crippen LogP contribution >= 0.6 is 11.3 Å². The molecule has 7 nitrogen and oxygen atoms in total. The van der Waals surface area contributed by atoms with Crippen LogP contribution in [0.1, 0.15) is 51.0 Å². The van der Waals surface area contributed by atoms with Crippen LogP contribution in [0, 0.1) is 11.8 Å². The van der Waals surface area contributed by atoms with Crippen molar-refractivity contribution in [3.63, 3.8) is 0 Å². The fourth-order valence-electron chi connectivity index (χ4n) is 6.61. The maximum atomic E-state index is 12.9.